The van der Waals surface area contributed by atoms with E-state index in [1.807, 2.05) is 42.6 Å². The summed E-state index contributed by atoms with van der Waals surface area (Å²) in [5.74, 6) is 0. The van der Waals surface area contributed by atoms with Crippen molar-refractivity contribution >= 4 is 207 Å². The minimum Gasteiger partial charge on any atom is -0.456 e. The maximum atomic E-state index is 6.93. The quantitative estimate of drug-likeness (QED) is 0.128. The molecule has 6 aromatic heterocycles. The maximum Gasteiger partial charge on any atom is 0.145 e. The lowest BCUT2D eigenvalue weighted by molar-refractivity contribution is 0.668. The SMILES string of the molecule is c1ccc(-c2ccc(-c3c4ccccc4c(-c4cccc5ccccc45)c4ccccc34)c3c2oc2ccccc23)nc1.c1ccc(-n2c3ccccc3c3cc(-c4ccc(-c5c6ccccc6c(-c6cccc7ccccc67)c6ccccc56)c5c4oc4ccccc45)ccc32)cc1.c1ccc2c(-c3c4ccccc4c(-c4ccc(-c5cccc6oc7ccccc7c56)c5oc6ccccc6c45)c4ccccc34)cccc2c1. The normalized spacial score (nSPS) is 11.9. The van der Waals surface area contributed by atoms with E-state index in [1.165, 1.54) is 174 Å². The Kier molecular flexibility index (Phi) is 19.7. The Balaban J connectivity index is 0.000000104. The first kappa shape index (κ1) is 84.9. The van der Waals surface area contributed by atoms with Gasteiger partial charge in [-0.2, -0.15) is 0 Å². The summed E-state index contributed by atoms with van der Waals surface area (Å²) in [7, 11) is 0. The predicted molar refractivity (Wildman–Crippen MR) is 627 cm³/mol. The average Bonchev–Trinajstić information content (AvgIpc) is 1.71. The molecule has 0 aliphatic carbocycles. The number of pyridine rings is 1. The van der Waals surface area contributed by atoms with Gasteiger partial charge in [0, 0.05) is 82.4 Å². The standard InChI is InChI=1S/C54H33NO.C48H28O2.C41H25NO/c1-2-17-36(18-3-1)55-48-27-12-10-20-39(48)47-33-35(29-32-49(47)55)38-30-31-46(53-45-25-11-13-28-50(45)56-54(38)53)52-43-23-8-6-21-41(43)51(42-22-7-9-24-44(42)52)40-26-14-16-34-15-4-5-19-37(34)40;1-2-15-30-29(13-1)14-11-22-31(30)44-32-16-3-5-18-34(32)45(35-19-6-4-17-33(35)44)40-28-27-37(48-47(40)39-21-8-10-25-42(39)50-48)36-23-12-26-43-46(36)38-20-7-9-24-41(38)49-43;1-2-14-27-26(12-1)13-11-20-28(27)38-29-15-3-5-17-31(29)39(32-18-6-4-16-30(32)38)35-24-23-33(36-21-9-10-25-42-36)41-40(35)34-19-7-8-22-37(34)43-41/h1-33H;1-28H;1-25H. The third-order valence-corrected chi connectivity index (χ3v) is 31.0. The summed E-state index contributed by atoms with van der Waals surface area (Å²) in [6.45, 7) is 0. The molecule has 6 heteroatoms. The Morgan fingerprint density at radius 3 is 0.846 bits per heavy atom. The van der Waals surface area contributed by atoms with Crippen molar-refractivity contribution in [2.45, 2.75) is 0 Å². The fourth-order valence-corrected chi connectivity index (χ4v) is 24.7. The smallest absolute Gasteiger partial charge is 0.145 e. The van der Waals surface area contributed by atoms with E-state index in [9.17, 15) is 0 Å². The second kappa shape index (κ2) is 34.5. The third-order valence-electron chi connectivity index (χ3n) is 31.0. The van der Waals surface area contributed by atoms with Gasteiger partial charge in [0.15, 0.2) is 0 Å². The Morgan fingerprint density at radius 1 is 0.154 bits per heavy atom. The van der Waals surface area contributed by atoms with Crippen molar-refractivity contribution in [1.82, 2.24) is 9.55 Å². The maximum absolute atomic E-state index is 6.93. The molecule has 0 spiro atoms. The fraction of sp³-hybridized carbons (Fsp3) is 0. The molecule has 149 heavy (non-hydrogen) atoms. The zero-order valence-electron chi connectivity index (χ0n) is 80.7. The van der Waals surface area contributed by atoms with Crippen molar-refractivity contribution < 1.29 is 17.7 Å². The van der Waals surface area contributed by atoms with Gasteiger partial charge in [-0.25, -0.2) is 0 Å². The van der Waals surface area contributed by atoms with E-state index in [4.69, 9.17) is 17.7 Å². The lowest BCUT2D eigenvalue weighted by Gasteiger charge is -2.19. The van der Waals surface area contributed by atoms with Crippen LogP contribution in [0.3, 0.4) is 0 Å². The van der Waals surface area contributed by atoms with Crippen molar-refractivity contribution in [1.29, 1.82) is 0 Å². The molecular weight excluding hydrogens is 1810 g/mol. The molecule has 32 aromatic rings. The zero-order valence-corrected chi connectivity index (χ0v) is 80.7. The van der Waals surface area contributed by atoms with Gasteiger partial charge in [-0.3, -0.25) is 4.98 Å². The summed E-state index contributed by atoms with van der Waals surface area (Å²) in [5.41, 5.74) is 31.6. The first-order valence-electron chi connectivity index (χ1n) is 51.0. The minimum atomic E-state index is 0.865. The molecule has 0 amide bonds. The molecule has 26 aromatic carbocycles. The van der Waals surface area contributed by atoms with E-state index in [2.05, 4.69) is 489 Å². The molecular formula is C143H86N2O4. The van der Waals surface area contributed by atoms with Gasteiger partial charge in [0.1, 0.15) is 44.7 Å². The number of rotatable bonds is 10. The van der Waals surface area contributed by atoms with Crippen LogP contribution in [0, 0.1) is 0 Å². The Bertz CT molecular complexity index is 11000. The van der Waals surface area contributed by atoms with E-state index in [0.717, 1.165) is 138 Å². The number of furan rings is 4. The van der Waals surface area contributed by atoms with Gasteiger partial charge in [-0.1, -0.05) is 425 Å². The number of aromatic nitrogens is 2. The topological polar surface area (TPSA) is 70.4 Å². The van der Waals surface area contributed by atoms with Crippen LogP contribution in [0.4, 0.5) is 0 Å². The van der Waals surface area contributed by atoms with Gasteiger partial charge in [0.25, 0.3) is 0 Å². The van der Waals surface area contributed by atoms with Crippen LogP contribution in [-0.2, 0) is 0 Å². The van der Waals surface area contributed by atoms with Gasteiger partial charge in [0.2, 0.25) is 0 Å². The molecule has 0 atom stereocenters. The van der Waals surface area contributed by atoms with Crippen LogP contribution >= 0.6 is 0 Å². The largest absolute Gasteiger partial charge is 0.456 e. The van der Waals surface area contributed by atoms with Gasteiger partial charge >= 0.3 is 0 Å². The number of para-hydroxylation sites is 6. The Labute approximate surface area is 855 Å². The third kappa shape index (κ3) is 13.4. The van der Waals surface area contributed by atoms with Crippen molar-refractivity contribution in [2.24, 2.45) is 0 Å². The molecule has 0 saturated carbocycles. The van der Waals surface area contributed by atoms with E-state index in [1.54, 1.807) is 0 Å². The first-order valence-corrected chi connectivity index (χ1v) is 51.0. The molecule has 6 heterocycles. The summed E-state index contributed by atoms with van der Waals surface area (Å²) in [6.07, 6.45) is 1.84. The number of hydrogen-bond acceptors (Lipinski definition) is 5. The molecule has 32 rings (SSSR count). The Hall–Kier alpha value is -19.8. The second-order valence-electron chi connectivity index (χ2n) is 38.9. The van der Waals surface area contributed by atoms with Crippen molar-refractivity contribution in [2.75, 3.05) is 0 Å². The molecule has 0 N–H and O–H groups in total. The molecule has 0 bridgehead atoms. The molecule has 0 saturated heterocycles. The summed E-state index contributed by atoms with van der Waals surface area (Å²) in [6, 6.07) is 185. The summed E-state index contributed by atoms with van der Waals surface area (Å²) in [5, 5.41) is 33.6. The van der Waals surface area contributed by atoms with Gasteiger partial charge < -0.3 is 22.2 Å². The summed E-state index contributed by atoms with van der Waals surface area (Å²) >= 11 is 0. The van der Waals surface area contributed by atoms with E-state index >= 15 is 0 Å². The molecule has 0 aliphatic heterocycles. The highest BCUT2D eigenvalue weighted by Crippen LogP contribution is 2.56. The van der Waals surface area contributed by atoms with Crippen molar-refractivity contribution in [3.8, 4) is 106 Å². The van der Waals surface area contributed by atoms with Crippen LogP contribution in [-0.4, -0.2) is 9.55 Å². The molecule has 0 unspecified atom stereocenters. The number of hydrogen-bond donors (Lipinski definition) is 0. The zero-order chi connectivity index (χ0) is 97.8. The lowest BCUT2D eigenvalue weighted by atomic mass is 9.83. The van der Waals surface area contributed by atoms with Crippen LogP contribution in [0.2, 0.25) is 0 Å². The predicted octanol–water partition coefficient (Wildman–Crippen LogP) is 40.5. The van der Waals surface area contributed by atoms with Crippen LogP contribution in [0.25, 0.3) is 312 Å². The van der Waals surface area contributed by atoms with Crippen LogP contribution < -0.4 is 0 Å². The van der Waals surface area contributed by atoms with E-state index in [-0.39, 0.29) is 0 Å². The second-order valence-corrected chi connectivity index (χ2v) is 38.9. The molecule has 0 aliphatic rings. The van der Waals surface area contributed by atoms with E-state index in [0.29, 0.717) is 0 Å². The highest BCUT2D eigenvalue weighted by molar-refractivity contribution is 6.33. The highest BCUT2D eigenvalue weighted by atomic mass is 16.3. The minimum absolute atomic E-state index is 0.865. The number of benzene rings is 26. The lowest BCUT2D eigenvalue weighted by Crippen LogP contribution is -1.93. The Morgan fingerprint density at radius 2 is 0.436 bits per heavy atom. The van der Waals surface area contributed by atoms with Gasteiger partial charge in [-0.05, 0) is 266 Å². The number of fused-ring (bicyclic) bond motifs is 24. The van der Waals surface area contributed by atoms with E-state index < -0.39 is 0 Å². The molecule has 0 radical (unpaired) electrons. The van der Waals surface area contributed by atoms with Gasteiger partial charge in [-0.15, -0.1) is 0 Å². The highest BCUT2D eigenvalue weighted by Gasteiger charge is 2.30. The molecule has 6 nitrogen and oxygen atoms in total. The van der Waals surface area contributed by atoms with Gasteiger partial charge in [0.05, 0.1) is 16.7 Å². The molecule has 0 fully saturated rings. The average molecular weight is 1900 g/mol. The molecule has 692 valence electrons. The van der Waals surface area contributed by atoms with Crippen LogP contribution in [0.15, 0.2) is 540 Å². The first-order chi connectivity index (χ1) is 74.0. The number of nitrogens with zero attached hydrogens (tertiary/aromatic N) is 2. The van der Waals surface area contributed by atoms with Crippen LogP contribution in [0.5, 0.6) is 0 Å². The summed E-state index contributed by atoms with van der Waals surface area (Å²) in [4.78, 5) is 4.68. The van der Waals surface area contributed by atoms with Crippen molar-refractivity contribution in [3.63, 3.8) is 0 Å². The monoisotopic (exact) mass is 1890 g/mol. The van der Waals surface area contributed by atoms with Crippen LogP contribution in [0.1, 0.15) is 0 Å². The fourth-order valence-electron chi connectivity index (χ4n) is 24.7. The summed E-state index contributed by atoms with van der Waals surface area (Å²) < 4.78 is 29.1. The van der Waals surface area contributed by atoms with Crippen molar-refractivity contribution in [3.05, 3.63) is 522 Å².